The number of nitrogens with one attached hydrogen (secondary N) is 2. The minimum absolute atomic E-state index is 0.0143. The quantitative estimate of drug-likeness (QED) is 0.854. The molecular weight excluding hydrogens is 304 g/mol. The molecule has 0 spiro atoms. The highest BCUT2D eigenvalue weighted by molar-refractivity contribution is 5.97. The van der Waals surface area contributed by atoms with Crippen LogP contribution in [0.15, 0.2) is 43.0 Å². The molecule has 1 fully saturated rings. The van der Waals surface area contributed by atoms with Gasteiger partial charge in [-0.1, -0.05) is 18.6 Å². The summed E-state index contributed by atoms with van der Waals surface area (Å²) in [6, 6.07) is 7.12. The average molecular weight is 326 g/mol. The Morgan fingerprint density at radius 2 is 2.04 bits per heavy atom. The van der Waals surface area contributed by atoms with Gasteiger partial charge in [-0.15, -0.1) is 0 Å². The number of hydrogen-bond acceptors (Lipinski definition) is 3. The largest absolute Gasteiger partial charge is 0.344 e. The summed E-state index contributed by atoms with van der Waals surface area (Å²) in [4.78, 5) is 28.1. The van der Waals surface area contributed by atoms with Gasteiger partial charge in [-0.2, -0.15) is 0 Å². The molecule has 1 unspecified atom stereocenters. The third-order valence-electron chi connectivity index (χ3n) is 4.37. The van der Waals surface area contributed by atoms with Gasteiger partial charge in [0.1, 0.15) is 6.04 Å². The number of nitrogens with zero attached hydrogens (tertiary/aromatic N) is 2. The second-order valence-corrected chi connectivity index (χ2v) is 6.28. The van der Waals surface area contributed by atoms with Gasteiger partial charge in [-0.3, -0.25) is 9.59 Å². The Morgan fingerprint density at radius 3 is 2.62 bits per heavy atom. The van der Waals surface area contributed by atoms with Crippen LogP contribution in [0, 0.1) is 5.92 Å². The smallest absolute Gasteiger partial charge is 0.246 e. The standard InChI is InChI=1S/C18H22N4O2/c1-13(20-18(24)15-3-2-4-15)17(23)21-16-7-5-14(6-8-16)11-22-10-9-19-12-22/h5-10,12-13,15H,2-4,11H2,1H3,(H,20,24)(H,21,23). The predicted octanol–water partition coefficient (Wildman–Crippen LogP) is 2.17. The van der Waals surface area contributed by atoms with E-state index in [0.29, 0.717) is 0 Å². The second kappa shape index (κ2) is 7.29. The first-order chi connectivity index (χ1) is 11.6. The van der Waals surface area contributed by atoms with Crippen molar-refractivity contribution in [3.63, 3.8) is 0 Å². The number of anilines is 1. The Kier molecular flexibility index (Phi) is 4.93. The fraction of sp³-hybridized carbons (Fsp3) is 0.389. The molecule has 126 valence electrons. The van der Waals surface area contributed by atoms with Crippen molar-refractivity contribution in [2.24, 2.45) is 5.92 Å². The van der Waals surface area contributed by atoms with Crippen LogP contribution in [-0.2, 0) is 16.1 Å². The highest BCUT2D eigenvalue weighted by Gasteiger charge is 2.27. The molecule has 1 atom stereocenters. The molecule has 1 saturated carbocycles. The van der Waals surface area contributed by atoms with Crippen molar-refractivity contribution in [3.8, 4) is 0 Å². The Balaban J connectivity index is 1.51. The molecule has 1 aliphatic carbocycles. The van der Waals surface area contributed by atoms with Crippen LogP contribution in [0.5, 0.6) is 0 Å². The van der Waals surface area contributed by atoms with Gasteiger partial charge >= 0.3 is 0 Å². The molecule has 6 nitrogen and oxygen atoms in total. The summed E-state index contributed by atoms with van der Waals surface area (Å²) in [5.74, 6) is -0.132. The lowest BCUT2D eigenvalue weighted by molar-refractivity contribution is -0.130. The van der Waals surface area contributed by atoms with Gasteiger partial charge in [0.2, 0.25) is 11.8 Å². The van der Waals surface area contributed by atoms with Crippen molar-refractivity contribution in [2.45, 2.75) is 38.8 Å². The van der Waals surface area contributed by atoms with Gasteiger partial charge in [-0.05, 0) is 37.5 Å². The predicted molar refractivity (Wildman–Crippen MR) is 91.3 cm³/mol. The summed E-state index contributed by atoms with van der Waals surface area (Å²) in [7, 11) is 0. The van der Waals surface area contributed by atoms with Gasteiger partial charge in [0.15, 0.2) is 0 Å². The summed E-state index contributed by atoms with van der Waals surface area (Å²) in [5.41, 5.74) is 1.84. The van der Waals surface area contributed by atoms with Crippen molar-refractivity contribution in [1.82, 2.24) is 14.9 Å². The molecule has 0 radical (unpaired) electrons. The molecule has 0 saturated heterocycles. The topological polar surface area (TPSA) is 76.0 Å². The normalized spacial score (nSPS) is 15.4. The number of amides is 2. The monoisotopic (exact) mass is 326 g/mol. The molecule has 24 heavy (non-hydrogen) atoms. The average Bonchev–Trinajstić information content (AvgIpc) is 3.00. The number of benzene rings is 1. The van der Waals surface area contributed by atoms with Crippen molar-refractivity contribution < 1.29 is 9.59 Å². The Hall–Kier alpha value is -2.63. The van der Waals surface area contributed by atoms with Gasteiger partial charge in [0, 0.05) is 30.5 Å². The van der Waals surface area contributed by atoms with E-state index in [1.165, 1.54) is 0 Å². The molecular formula is C18H22N4O2. The Bertz CT molecular complexity index is 690. The van der Waals surface area contributed by atoms with E-state index in [-0.39, 0.29) is 17.7 Å². The molecule has 3 rings (SSSR count). The van der Waals surface area contributed by atoms with Gasteiger partial charge < -0.3 is 15.2 Å². The minimum Gasteiger partial charge on any atom is -0.344 e. The SMILES string of the molecule is CC(NC(=O)C1CCC1)C(=O)Nc1ccc(Cn2ccnc2)cc1. The first-order valence-electron chi connectivity index (χ1n) is 8.28. The van der Waals surface area contributed by atoms with E-state index in [1.54, 1.807) is 19.4 Å². The maximum Gasteiger partial charge on any atom is 0.246 e. The number of carbonyl (C=O) groups excluding carboxylic acids is 2. The molecule has 1 aliphatic rings. The molecule has 0 aliphatic heterocycles. The van der Waals surface area contributed by atoms with Crippen LogP contribution in [0.4, 0.5) is 5.69 Å². The van der Waals surface area contributed by atoms with Crippen molar-refractivity contribution >= 4 is 17.5 Å². The van der Waals surface area contributed by atoms with Gasteiger partial charge in [-0.25, -0.2) is 4.98 Å². The maximum atomic E-state index is 12.2. The van der Waals surface area contributed by atoms with E-state index in [1.807, 2.05) is 35.0 Å². The molecule has 1 aromatic carbocycles. The zero-order chi connectivity index (χ0) is 16.9. The maximum absolute atomic E-state index is 12.2. The summed E-state index contributed by atoms with van der Waals surface area (Å²) >= 11 is 0. The lowest BCUT2D eigenvalue weighted by Crippen LogP contribution is -2.45. The van der Waals surface area contributed by atoms with Crippen LogP contribution in [0.2, 0.25) is 0 Å². The van der Waals surface area contributed by atoms with Crippen molar-refractivity contribution in [3.05, 3.63) is 48.5 Å². The van der Waals surface area contributed by atoms with Crippen LogP contribution in [0.1, 0.15) is 31.7 Å². The van der Waals surface area contributed by atoms with Crippen molar-refractivity contribution in [1.29, 1.82) is 0 Å². The zero-order valence-electron chi connectivity index (χ0n) is 13.7. The van der Waals surface area contributed by atoms with E-state index in [0.717, 1.165) is 37.1 Å². The van der Waals surface area contributed by atoms with Crippen molar-refractivity contribution in [2.75, 3.05) is 5.32 Å². The number of aromatic nitrogens is 2. The lowest BCUT2D eigenvalue weighted by Gasteiger charge is -2.25. The van der Waals surface area contributed by atoms with Crippen LogP contribution in [-0.4, -0.2) is 27.4 Å². The molecule has 2 N–H and O–H groups in total. The van der Waals surface area contributed by atoms with E-state index >= 15 is 0 Å². The molecule has 1 heterocycles. The second-order valence-electron chi connectivity index (χ2n) is 6.28. The van der Waals surface area contributed by atoms with Crippen LogP contribution in [0.3, 0.4) is 0 Å². The van der Waals surface area contributed by atoms with E-state index < -0.39 is 6.04 Å². The Morgan fingerprint density at radius 1 is 1.29 bits per heavy atom. The van der Waals surface area contributed by atoms with Crippen LogP contribution < -0.4 is 10.6 Å². The first kappa shape index (κ1) is 16.2. The first-order valence-corrected chi connectivity index (χ1v) is 8.28. The molecule has 1 aromatic heterocycles. The van der Waals surface area contributed by atoms with E-state index in [4.69, 9.17) is 0 Å². The Labute approximate surface area is 141 Å². The van der Waals surface area contributed by atoms with E-state index in [2.05, 4.69) is 15.6 Å². The zero-order valence-corrected chi connectivity index (χ0v) is 13.7. The fourth-order valence-corrected chi connectivity index (χ4v) is 2.60. The van der Waals surface area contributed by atoms with Crippen LogP contribution >= 0.6 is 0 Å². The summed E-state index contributed by atoms with van der Waals surface area (Å²) in [6.07, 6.45) is 8.37. The highest BCUT2D eigenvalue weighted by Crippen LogP contribution is 2.26. The van der Waals surface area contributed by atoms with E-state index in [9.17, 15) is 9.59 Å². The number of carbonyl (C=O) groups is 2. The lowest BCUT2D eigenvalue weighted by atomic mass is 9.84. The number of rotatable bonds is 6. The third-order valence-corrected chi connectivity index (χ3v) is 4.37. The molecule has 2 amide bonds. The minimum atomic E-state index is -0.538. The van der Waals surface area contributed by atoms with Crippen LogP contribution in [0.25, 0.3) is 0 Å². The molecule has 2 aromatic rings. The van der Waals surface area contributed by atoms with Gasteiger partial charge in [0.25, 0.3) is 0 Å². The summed E-state index contributed by atoms with van der Waals surface area (Å²) in [5, 5.41) is 5.62. The number of hydrogen-bond donors (Lipinski definition) is 2. The number of imidazole rings is 1. The summed E-state index contributed by atoms with van der Waals surface area (Å²) in [6.45, 7) is 2.45. The molecule has 6 heteroatoms. The highest BCUT2D eigenvalue weighted by atomic mass is 16.2. The molecule has 0 bridgehead atoms. The summed E-state index contributed by atoms with van der Waals surface area (Å²) < 4.78 is 1.98. The fourth-order valence-electron chi connectivity index (χ4n) is 2.60. The third kappa shape index (κ3) is 4.01. The van der Waals surface area contributed by atoms with Gasteiger partial charge in [0.05, 0.1) is 6.33 Å².